The molecular weight excluding hydrogens is 1150 g/mol. The van der Waals surface area contributed by atoms with Gasteiger partial charge in [0.25, 0.3) is 0 Å². The number of aliphatic hydroxyl groups is 1. The zero-order chi connectivity index (χ0) is 64.3. The molecule has 0 aliphatic heterocycles. The Bertz CT molecular complexity index is 1700. The molecule has 0 heterocycles. The van der Waals surface area contributed by atoms with Crippen LogP contribution in [0, 0.1) is 11.8 Å². The Hall–Kier alpha value is -1.94. The predicted octanol–water partition coefficient (Wildman–Crippen LogP) is 19.2. The predicted molar refractivity (Wildman–Crippen MR) is 349 cm³/mol. The first-order chi connectivity index (χ1) is 41.9. The molecule has 5 atom stereocenters. The molecule has 0 saturated carbocycles. The lowest BCUT2D eigenvalue weighted by Crippen LogP contribution is -2.30. The van der Waals surface area contributed by atoms with Crippen LogP contribution in [-0.2, 0) is 65.4 Å². The molecule has 0 spiro atoms. The molecule has 0 radical (unpaired) electrons. The van der Waals surface area contributed by atoms with Gasteiger partial charge in [-0.05, 0) is 37.5 Å². The van der Waals surface area contributed by atoms with E-state index >= 15 is 0 Å². The lowest BCUT2D eigenvalue weighted by molar-refractivity contribution is -0.161. The van der Waals surface area contributed by atoms with Crippen molar-refractivity contribution in [2.75, 3.05) is 39.6 Å². The van der Waals surface area contributed by atoms with Gasteiger partial charge >= 0.3 is 39.5 Å². The fourth-order valence-corrected chi connectivity index (χ4v) is 11.8. The van der Waals surface area contributed by atoms with Crippen molar-refractivity contribution in [3.8, 4) is 0 Å². The van der Waals surface area contributed by atoms with Gasteiger partial charge in [0.15, 0.2) is 12.2 Å². The number of esters is 4. The summed E-state index contributed by atoms with van der Waals surface area (Å²) < 4.78 is 68.2. The molecule has 0 aromatic carbocycles. The Morgan fingerprint density at radius 1 is 0.310 bits per heavy atom. The highest BCUT2D eigenvalue weighted by atomic mass is 31.2. The lowest BCUT2D eigenvalue weighted by Gasteiger charge is -2.21. The number of ether oxygens (including phenoxy) is 4. The molecule has 516 valence electrons. The number of hydrogen-bond acceptors (Lipinski definition) is 15. The minimum Gasteiger partial charge on any atom is -0.462 e. The van der Waals surface area contributed by atoms with Crippen LogP contribution in [0.4, 0.5) is 0 Å². The SMILES string of the molecule is CCCCCCCCCCCCCCC(=O)OC[C@H](COP(=O)(O)OC[C@@H](O)COP(=O)(O)OC[C@@H](COC(=O)CCCCCCCCCCCC)OC(=O)CCCCCCCCCCC(C)C)OC(=O)CCCCCCCCCCCCCC(C)C. The van der Waals surface area contributed by atoms with Crippen LogP contribution in [0.2, 0.25) is 0 Å². The second-order valence-corrected chi connectivity index (χ2v) is 28.4. The number of unbranched alkanes of at least 4 members (excludes halogenated alkanes) is 37. The highest BCUT2D eigenvalue weighted by molar-refractivity contribution is 7.47. The molecule has 0 saturated heterocycles. The van der Waals surface area contributed by atoms with Crippen LogP contribution in [0.25, 0.3) is 0 Å². The van der Waals surface area contributed by atoms with Gasteiger partial charge in [-0.1, -0.05) is 292 Å². The normalized spacial score (nSPS) is 14.2. The van der Waals surface area contributed by atoms with E-state index < -0.39 is 97.5 Å². The Kier molecular flexibility index (Phi) is 59.0. The summed E-state index contributed by atoms with van der Waals surface area (Å²) in [5, 5.41) is 10.6. The summed E-state index contributed by atoms with van der Waals surface area (Å²) in [6, 6.07) is 0. The van der Waals surface area contributed by atoms with Crippen LogP contribution in [0.15, 0.2) is 0 Å². The summed E-state index contributed by atoms with van der Waals surface area (Å²) in [5.41, 5.74) is 0. The Morgan fingerprint density at radius 3 is 0.782 bits per heavy atom. The molecule has 0 aromatic rings. The van der Waals surface area contributed by atoms with Crippen LogP contribution in [0.3, 0.4) is 0 Å². The molecule has 2 unspecified atom stereocenters. The molecule has 0 amide bonds. The summed E-state index contributed by atoms with van der Waals surface area (Å²) in [5.74, 6) is -0.644. The second kappa shape index (κ2) is 60.3. The van der Waals surface area contributed by atoms with Gasteiger partial charge in [0.2, 0.25) is 0 Å². The van der Waals surface area contributed by atoms with E-state index in [4.69, 9.17) is 37.0 Å². The van der Waals surface area contributed by atoms with E-state index in [1.165, 1.54) is 161 Å². The molecule has 0 rings (SSSR count). The third-order valence-corrected chi connectivity index (χ3v) is 17.6. The smallest absolute Gasteiger partial charge is 0.462 e. The Morgan fingerprint density at radius 2 is 0.529 bits per heavy atom. The number of phosphoric ester groups is 2. The van der Waals surface area contributed by atoms with Crippen LogP contribution in [-0.4, -0.2) is 96.7 Å². The molecule has 87 heavy (non-hydrogen) atoms. The minimum atomic E-state index is -4.95. The van der Waals surface area contributed by atoms with E-state index in [1.807, 2.05) is 0 Å². The van der Waals surface area contributed by atoms with Crippen molar-refractivity contribution in [3.63, 3.8) is 0 Å². The molecule has 17 nitrogen and oxygen atoms in total. The lowest BCUT2D eigenvalue weighted by atomic mass is 10.0. The Balaban J connectivity index is 5.25. The maximum Gasteiger partial charge on any atom is 0.472 e. The summed E-state index contributed by atoms with van der Waals surface area (Å²) in [4.78, 5) is 72.4. The zero-order valence-corrected chi connectivity index (χ0v) is 58.1. The molecule has 0 aliphatic carbocycles. The molecule has 0 aliphatic rings. The van der Waals surface area contributed by atoms with E-state index in [2.05, 4.69) is 41.5 Å². The molecule has 0 fully saturated rings. The van der Waals surface area contributed by atoms with Gasteiger partial charge in [-0.2, -0.15) is 0 Å². The van der Waals surface area contributed by atoms with Gasteiger partial charge in [0.05, 0.1) is 26.4 Å². The molecule has 19 heteroatoms. The van der Waals surface area contributed by atoms with Crippen molar-refractivity contribution in [1.29, 1.82) is 0 Å². The average Bonchev–Trinajstić information content (AvgIpc) is 3.68. The van der Waals surface area contributed by atoms with Gasteiger partial charge < -0.3 is 33.8 Å². The fourth-order valence-electron chi connectivity index (χ4n) is 10.2. The maximum absolute atomic E-state index is 13.0. The minimum absolute atomic E-state index is 0.105. The summed E-state index contributed by atoms with van der Waals surface area (Å²) in [6.45, 7) is 9.48. The van der Waals surface area contributed by atoms with Gasteiger partial charge in [-0.15, -0.1) is 0 Å². The summed E-state index contributed by atoms with van der Waals surface area (Å²) in [6.07, 6.45) is 44.3. The van der Waals surface area contributed by atoms with E-state index in [0.29, 0.717) is 25.7 Å². The van der Waals surface area contributed by atoms with Crippen molar-refractivity contribution >= 4 is 39.5 Å². The third-order valence-electron chi connectivity index (χ3n) is 15.7. The van der Waals surface area contributed by atoms with Crippen LogP contribution >= 0.6 is 15.6 Å². The number of aliphatic hydroxyl groups excluding tert-OH is 1. The van der Waals surface area contributed by atoms with Gasteiger partial charge in [-0.25, -0.2) is 9.13 Å². The number of carbonyl (C=O) groups is 4. The van der Waals surface area contributed by atoms with Crippen molar-refractivity contribution in [1.82, 2.24) is 0 Å². The molecular formula is C68H132O17P2. The van der Waals surface area contributed by atoms with Crippen molar-refractivity contribution in [2.24, 2.45) is 11.8 Å². The number of rotatable bonds is 67. The molecule has 3 N–H and O–H groups in total. The van der Waals surface area contributed by atoms with Crippen molar-refractivity contribution < 1.29 is 80.2 Å². The van der Waals surface area contributed by atoms with Gasteiger partial charge in [0, 0.05) is 25.7 Å². The third kappa shape index (κ3) is 62.6. The Labute approximate surface area is 530 Å². The number of hydrogen-bond donors (Lipinski definition) is 3. The van der Waals surface area contributed by atoms with Crippen molar-refractivity contribution in [2.45, 2.75) is 362 Å². The van der Waals surface area contributed by atoms with Crippen LogP contribution in [0.1, 0.15) is 343 Å². The first-order valence-electron chi connectivity index (χ1n) is 35.5. The first kappa shape index (κ1) is 85.1. The van der Waals surface area contributed by atoms with E-state index in [1.54, 1.807) is 0 Å². The summed E-state index contributed by atoms with van der Waals surface area (Å²) in [7, 11) is -9.89. The topological polar surface area (TPSA) is 237 Å². The van der Waals surface area contributed by atoms with E-state index in [-0.39, 0.29) is 25.7 Å². The van der Waals surface area contributed by atoms with Gasteiger partial charge in [-0.3, -0.25) is 37.3 Å². The highest BCUT2D eigenvalue weighted by Gasteiger charge is 2.30. The first-order valence-corrected chi connectivity index (χ1v) is 38.5. The molecule has 0 bridgehead atoms. The van der Waals surface area contributed by atoms with E-state index in [0.717, 1.165) is 102 Å². The zero-order valence-electron chi connectivity index (χ0n) is 56.3. The maximum atomic E-state index is 13.0. The monoisotopic (exact) mass is 1280 g/mol. The van der Waals surface area contributed by atoms with E-state index in [9.17, 15) is 43.2 Å². The van der Waals surface area contributed by atoms with Crippen LogP contribution in [0.5, 0.6) is 0 Å². The summed E-state index contributed by atoms with van der Waals surface area (Å²) >= 11 is 0. The quantitative estimate of drug-likeness (QED) is 0.0222. The van der Waals surface area contributed by atoms with Crippen LogP contribution < -0.4 is 0 Å². The average molecular weight is 1280 g/mol. The van der Waals surface area contributed by atoms with Gasteiger partial charge in [0.1, 0.15) is 19.3 Å². The van der Waals surface area contributed by atoms with Crippen molar-refractivity contribution in [3.05, 3.63) is 0 Å². The highest BCUT2D eigenvalue weighted by Crippen LogP contribution is 2.45. The molecule has 0 aromatic heterocycles. The fraction of sp³-hybridized carbons (Fsp3) is 0.941. The second-order valence-electron chi connectivity index (χ2n) is 25.5. The standard InChI is InChI=1S/C68H132O17P2/c1-7-9-11-13-15-17-19-22-26-33-39-45-51-66(71)79-56-63(84-67(72)52-46-40-34-27-23-20-21-24-30-36-42-48-60(3)4)58-82-86(74,75)80-54-62(69)55-81-87(76,77)83-59-64(57-78-65(70)50-44-38-32-25-18-16-14-12-10-8-2)85-68(73)53-47-41-35-29-28-31-37-43-49-61(5)6/h60-64,69H,7-59H2,1-6H3,(H,74,75)(H,76,77)/t62-,63-,64-/m1/s1. The largest absolute Gasteiger partial charge is 0.472 e. The number of phosphoric acid groups is 2. The number of carbonyl (C=O) groups excluding carboxylic acids is 4.